The number of nitrogens with two attached hydrogens (primary N) is 1. The molecule has 0 aliphatic heterocycles. The van der Waals surface area contributed by atoms with Crippen molar-refractivity contribution in [2.75, 3.05) is 11.9 Å². The molecule has 0 aromatic carbocycles. The number of thiocarbonyl (C=S) groups is 1. The van der Waals surface area contributed by atoms with E-state index in [1.807, 2.05) is 12.1 Å². The van der Waals surface area contributed by atoms with E-state index in [1.54, 1.807) is 24.8 Å². The molecule has 18 heavy (non-hydrogen) atoms. The van der Waals surface area contributed by atoms with E-state index in [0.29, 0.717) is 11.5 Å². The van der Waals surface area contributed by atoms with Gasteiger partial charge < -0.3 is 11.1 Å². The summed E-state index contributed by atoms with van der Waals surface area (Å²) in [6, 6.07) is 3.96. The van der Waals surface area contributed by atoms with Crippen LogP contribution in [0.15, 0.2) is 36.9 Å². The Morgan fingerprint density at radius 3 is 2.61 bits per heavy atom. The summed E-state index contributed by atoms with van der Waals surface area (Å²) in [7, 11) is 0. The zero-order valence-electron chi connectivity index (χ0n) is 9.71. The molecule has 92 valence electrons. The van der Waals surface area contributed by atoms with Gasteiger partial charge in [-0.1, -0.05) is 12.2 Å². The second-order valence-corrected chi connectivity index (χ2v) is 4.09. The van der Waals surface area contributed by atoms with E-state index in [2.05, 4.69) is 20.3 Å². The van der Waals surface area contributed by atoms with Gasteiger partial charge in [-0.25, -0.2) is 9.97 Å². The van der Waals surface area contributed by atoms with Crippen LogP contribution in [0.3, 0.4) is 0 Å². The minimum absolute atomic E-state index is 0.245. The molecule has 0 fully saturated rings. The van der Waals surface area contributed by atoms with Crippen LogP contribution in [0.25, 0.3) is 0 Å². The quantitative estimate of drug-likeness (QED) is 0.785. The smallest absolute Gasteiger partial charge is 0.155 e. The fourth-order valence-corrected chi connectivity index (χ4v) is 1.67. The Hall–Kier alpha value is -2.08. The van der Waals surface area contributed by atoms with Gasteiger partial charge in [0, 0.05) is 31.3 Å². The third kappa shape index (κ3) is 3.21. The number of anilines is 1. The Morgan fingerprint density at radius 1 is 1.17 bits per heavy atom. The maximum atomic E-state index is 5.58. The Kier molecular flexibility index (Phi) is 4.14. The van der Waals surface area contributed by atoms with E-state index in [0.717, 1.165) is 13.0 Å². The number of nitrogens with zero attached hydrogens (tertiary/aromatic N) is 3. The number of pyridine rings is 1. The predicted octanol–water partition coefficient (Wildman–Crippen LogP) is 1.16. The topological polar surface area (TPSA) is 76.7 Å². The first-order chi connectivity index (χ1) is 8.77. The molecule has 0 unspecified atom stereocenters. The molecule has 0 saturated carbocycles. The summed E-state index contributed by atoms with van der Waals surface area (Å²) < 4.78 is 0. The molecule has 0 radical (unpaired) electrons. The normalized spacial score (nSPS) is 10.0. The van der Waals surface area contributed by atoms with Crippen LogP contribution in [0.5, 0.6) is 0 Å². The van der Waals surface area contributed by atoms with Gasteiger partial charge in [-0.3, -0.25) is 4.98 Å². The molecular formula is C12H13N5S. The van der Waals surface area contributed by atoms with Crippen LogP contribution in [-0.4, -0.2) is 26.5 Å². The summed E-state index contributed by atoms with van der Waals surface area (Å²) >= 11 is 4.92. The lowest BCUT2D eigenvalue weighted by Gasteiger charge is -2.08. The third-order valence-corrected chi connectivity index (χ3v) is 2.58. The number of hydrogen-bond donors (Lipinski definition) is 2. The number of rotatable bonds is 5. The number of aromatic nitrogens is 3. The lowest BCUT2D eigenvalue weighted by molar-refractivity contribution is 0.992. The largest absolute Gasteiger partial charge is 0.388 e. The number of hydrogen-bond acceptors (Lipinski definition) is 5. The molecule has 0 atom stereocenters. The van der Waals surface area contributed by atoms with Crippen LogP contribution in [0, 0.1) is 0 Å². The zero-order valence-corrected chi connectivity index (χ0v) is 10.5. The SMILES string of the molecule is NC(=S)c1nccnc1NCCc1ccncc1. The Morgan fingerprint density at radius 2 is 1.89 bits per heavy atom. The van der Waals surface area contributed by atoms with Gasteiger partial charge in [0.15, 0.2) is 5.82 Å². The van der Waals surface area contributed by atoms with Gasteiger partial charge >= 0.3 is 0 Å². The van der Waals surface area contributed by atoms with Crippen molar-refractivity contribution >= 4 is 23.0 Å². The first-order valence-corrected chi connectivity index (χ1v) is 5.92. The molecule has 0 bridgehead atoms. The molecule has 0 amide bonds. The van der Waals surface area contributed by atoms with E-state index in [-0.39, 0.29) is 4.99 Å². The summed E-state index contributed by atoms with van der Waals surface area (Å²) in [4.78, 5) is 12.5. The maximum Gasteiger partial charge on any atom is 0.155 e. The van der Waals surface area contributed by atoms with Crippen LogP contribution in [0.2, 0.25) is 0 Å². The first kappa shape index (κ1) is 12.4. The van der Waals surface area contributed by atoms with Crippen molar-refractivity contribution in [2.45, 2.75) is 6.42 Å². The molecule has 5 nitrogen and oxygen atoms in total. The minimum Gasteiger partial charge on any atom is -0.388 e. The van der Waals surface area contributed by atoms with Crippen molar-refractivity contribution in [2.24, 2.45) is 5.73 Å². The van der Waals surface area contributed by atoms with Gasteiger partial charge in [-0.15, -0.1) is 0 Å². The number of nitrogens with one attached hydrogen (secondary N) is 1. The van der Waals surface area contributed by atoms with Crippen LogP contribution < -0.4 is 11.1 Å². The van der Waals surface area contributed by atoms with E-state index in [1.165, 1.54) is 5.56 Å². The standard InChI is InChI=1S/C12H13N5S/c13-11(18)10-12(17-8-7-15-10)16-6-3-9-1-4-14-5-2-9/h1-2,4-5,7-8H,3,6H2,(H2,13,18)(H,16,17). The molecule has 0 aliphatic carbocycles. The predicted molar refractivity (Wildman–Crippen MR) is 74.4 cm³/mol. The van der Waals surface area contributed by atoms with Crippen molar-refractivity contribution in [1.29, 1.82) is 0 Å². The molecule has 3 N–H and O–H groups in total. The Balaban J connectivity index is 1.97. The van der Waals surface area contributed by atoms with Gasteiger partial charge in [-0.05, 0) is 24.1 Å². The second-order valence-electron chi connectivity index (χ2n) is 3.65. The van der Waals surface area contributed by atoms with Gasteiger partial charge in [0.05, 0.1) is 0 Å². The van der Waals surface area contributed by atoms with Gasteiger partial charge in [-0.2, -0.15) is 0 Å². The molecule has 2 rings (SSSR count). The maximum absolute atomic E-state index is 5.58. The molecule has 2 heterocycles. The van der Waals surface area contributed by atoms with Crippen LogP contribution in [0.1, 0.15) is 11.3 Å². The highest BCUT2D eigenvalue weighted by atomic mass is 32.1. The average Bonchev–Trinajstić information content (AvgIpc) is 2.40. The highest BCUT2D eigenvalue weighted by Gasteiger charge is 2.06. The summed E-state index contributed by atoms with van der Waals surface area (Å²) in [6.45, 7) is 0.734. The summed E-state index contributed by atoms with van der Waals surface area (Å²) in [5.41, 5.74) is 7.31. The Labute approximate surface area is 110 Å². The Bertz CT molecular complexity index is 529. The zero-order chi connectivity index (χ0) is 12.8. The van der Waals surface area contributed by atoms with E-state index in [9.17, 15) is 0 Å². The van der Waals surface area contributed by atoms with E-state index in [4.69, 9.17) is 18.0 Å². The lowest BCUT2D eigenvalue weighted by Crippen LogP contribution is -2.17. The first-order valence-electron chi connectivity index (χ1n) is 5.51. The minimum atomic E-state index is 0.245. The fourth-order valence-electron chi connectivity index (χ4n) is 1.52. The fraction of sp³-hybridized carbons (Fsp3) is 0.167. The van der Waals surface area contributed by atoms with E-state index < -0.39 is 0 Å². The van der Waals surface area contributed by atoms with Crippen LogP contribution >= 0.6 is 12.2 Å². The van der Waals surface area contributed by atoms with Crippen molar-refractivity contribution in [1.82, 2.24) is 15.0 Å². The highest BCUT2D eigenvalue weighted by molar-refractivity contribution is 7.80. The molecule has 2 aromatic rings. The molecular weight excluding hydrogens is 246 g/mol. The summed E-state index contributed by atoms with van der Waals surface area (Å²) in [5.74, 6) is 0.624. The van der Waals surface area contributed by atoms with E-state index >= 15 is 0 Å². The van der Waals surface area contributed by atoms with Crippen molar-refractivity contribution in [3.8, 4) is 0 Å². The van der Waals surface area contributed by atoms with Crippen molar-refractivity contribution < 1.29 is 0 Å². The van der Waals surface area contributed by atoms with Crippen LogP contribution in [-0.2, 0) is 6.42 Å². The highest BCUT2D eigenvalue weighted by Crippen LogP contribution is 2.08. The third-order valence-electron chi connectivity index (χ3n) is 2.39. The molecule has 2 aromatic heterocycles. The van der Waals surface area contributed by atoms with Gasteiger partial charge in [0.1, 0.15) is 10.7 Å². The second kappa shape index (κ2) is 6.02. The van der Waals surface area contributed by atoms with Gasteiger partial charge in [0.25, 0.3) is 0 Å². The van der Waals surface area contributed by atoms with Crippen LogP contribution in [0.4, 0.5) is 5.82 Å². The molecule has 6 heteroatoms. The van der Waals surface area contributed by atoms with Crippen molar-refractivity contribution in [3.05, 3.63) is 48.2 Å². The molecule has 0 spiro atoms. The van der Waals surface area contributed by atoms with Gasteiger partial charge in [0.2, 0.25) is 0 Å². The lowest BCUT2D eigenvalue weighted by atomic mass is 10.2. The monoisotopic (exact) mass is 259 g/mol. The van der Waals surface area contributed by atoms with Crippen molar-refractivity contribution in [3.63, 3.8) is 0 Å². The molecule has 0 saturated heterocycles. The molecule has 0 aliphatic rings. The summed E-state index contributed by atoms with van der Waals surface area (Å²) in [5, 5.41) is 3.18. The average molecular weight is 259 g/mol. The summed E-state index contributed by atoms with van der Waals surface area (Å²) in [6.07, 6.45) is 7.60.